The zero-order chi connectivity index (χ0) is 17.1. The van der Waals surface area contributed by atoms with Gasteiger partial charge in [-0.15, -0.1) is 0 Å². The van der Waals surface area contributed by atoms with Gasteiger partial charge in [-0.1, -0.05) is 48.9 Å². The SMILES string of the molecule is O=C(Nc1ccc(Cn2cncn2)cc1)C1(c2ccccc2)CCC1. The summed E-state index contributed by atoms with van der Waals surface area (Å²) in [4.78, 5) is 16.9. The van der Waals surface area contributed by atoms with Gasteiger partial charge < -0.3 is 5.32 Å². The van der Waals surface area contributed by atoms with E-state index in [4.69, 9.17) is 0 Å². The van der Waals surface area contributed by atoms with Gasteiger partial charge in [-0.3, -0.25) is 4.79 Å². The van der Waals surface area contributed by atoms with E-state index in [0.29, 0.717) is 6.54 Å². The summed E-state index contributed by atoms with van der Waals surface area (Å²) in [5, 5.41) is 7.20. The second-order valence-electron chi connectivity index (χ2n) is 6.55. The first kappa shape index (κ1) is 15.6. The van der Waals surface area contributed by atoms with Gasteiger partial charge in [0.05, 0.1) is 12.0 Å². The van der Waals surface area contributed by atoms with Gasteiger partial charge in [0.1, 0.15) is 12.7 Å². The summed E-state index contributed by atoms with van der Waals surface area (Å²) in [6, 6.07) is 18.0. The van der Waals surface area contributed by atoms with Crippen molar-refractivity contribution in [3.8, 4) is 0 Å². The average molecular weight is 332 g/mol. The molecule has 1 fully saturated rings. The normalized spacial score (nSPS) is 15.4. The van der Waals surface area contributed by atoms with Crippen LogP contribution >= 0.6 is 0 Å². The monoisotopic (exact) mass is 332 g/mol. The third-order valence-electron chi connectivity index (χ3n) is 4.99. The van der Waals surface area contributed by atoms with Crippen LogP contribution in [0, 0.1) is 0 Å². The van der Waals surface area contributed by atoms with Gasteiger partial charge in [0.15, 0.2) is 0 Å². The summed E-state index contributed by atoms with van der Waals surface area (Å²) >= 11 is 0. The Labute approximate surface area is 146 Å². The number of aromatic nitrogens is 3. The number of hydrogen-bond acceptors (Lipinski definition) is 3. The highest BCUT2D eigenvalue weighted by Crippen LogP contribution is 2.44. The second-order valence-corrected chi connectivity index (χ2v) is 6.55. The molecule has 1 N–H and O–H groups in total. The predicted octanol–water partition coefficient (Wildman–Crippen LogP) is 3.39. The highest BCUT2D eigenvalue weighted by Gasteiger charge is 2.45. The van der Waals surface area contributed by atoms with Gasteiger partial charge in [0, 0.05) is 5.69 Å². The number of hydrogen-bond donors (Lipinski definition) is 1. The first-order chi connectivity index (χ1) is 12.3. The molecule has 0 aliphatic heterocycles. The Morgan fingerprint density at radius 3 is 2.44 bits per heavy atom. The molecule has 1 aromatic heterocycles. The molecule has 0 atom stereocenters. The number of anilines is 1. The van der Waals surface area contributed by atoms with Crippen molar-refractivity contribution in [3.63, 3.8) is 0 Å². The van der Waals surface area contributed by atoms with E-state index in [1.54, 1.807) is 11.0 Å². The molecule has 0 spiro atoms. The molecule has 5 nitrogen and oxygen atoms in total. The third kappa shape index (κ3) is 3.05. The lowest BCUT2D eigenvalue weighted by Crippen LogP contribution is -2.45. The Morgan fingerprint density at radius 2 is 1.84 bits per heavy atom. The molecule has 4 rings (SSSR count). The minimum absolute atomic E-state index is 0.0916. The molecular weight excluding hydrogens is 312 g/mol. The van der Waals surface area contributed by atoms with Gasteiger partial charge in [0.25, 0.3) is 0 Å². The molecule has 0 bridgehead atoms. The third-order valence-corrected chi connectivity index (χ3v) is 4.99. The molecule has 0 radical (unpaired) electrons. The highest BCUT2D eigenvalue weighted by atomic mass is 16.2. The van der Waals surface area contributed by atoms with Gasteiger partial charge >= 0.3 is 0 Å². The van der Waals surface area contributed by atoms with E-state index in [1.165, 1.54) is 6.33 Å². The molecule has 25 heavy (non-hydrogen) atoms. The van der Waals surface area contributed by atoms with Crippen molar-refractivity contribution in [2.45, 2.75) is 31.2 Å². The van der Waals surface area contributed by atoms with Crippen molar-refractivity contribution in [2.24, 2.45) is 0 Å². The van der Waals surface area contributed by atoms with E-state index in [1.807, 2.05) is 42.5 Å². The van der Waals surface area contributed by atoms with E-state index in [0.717, 1.165) is 36.1 Å². The fourth-order valence-electron chi connectivity index (χ4n) is 3.38. The average Bonchev–Trinajstić information content (AvgIpc) is 3.10. The van der Waals surface area contributed by atoms with E-state index >= 15 is 0 Å². The fraction of sp³-hybridized carbons (Fsp3) is 0.250. The maximum Gasteiger partial charge on any atom is 0.235 e. The lowest BCUT2D eigenvalue weighted by molar-refractivity contribution is -0.124. The van der Waals surface area contributed by atoms with Crippen LogP contribution in [0.15, 0.2) is 67.3 Å². The number of nitrogens with zero attached hydrogens (tertiary/aromatic N) is 3. The molecule has 2 aromatic carbocycles. The van der Waals surface area contributed by atoms with Crippen molar-refractivity contribution >= 4 is 11.6 Å². The zero-order valence-electron chi connectivity index (χ0n) is 13.9. The van der Waals surface area contributed by atoms with E-state index in [-0.39, 0.29) is 11.3 Å². The van der Waals surface area contributed by atoms with Crippen LogP contribution in [0.4, 0.5) is 5.69 Å². The fourth-order valence-corrected chi connectivity index (χ4v) is 3.38. The molecule has 1 saturated carbocycles. The first-order valence-electron chi connectivity index (χ1n) is 8.55. The van der Waals surface area contributed by atoms with Crippen LogP contribution in [-0.2, 0) is 16.8 Å². The Bertz CT molecular complexity index is 837. The quantitative estimate of drug-likeness (QED) is 0.779. The first-order valence-corrected chi connectivity index (χ1v) is 8.55. The zero-order valence-corrected chi connectivity index (χ0v) is 13.9. The minimum atomic E-state index is -0.374. The lowest BCUT2D eigenvalue weighted by atomic mass is 9.64. The molecule has 5 heteroatoms. The van der Waals surface area contributed by atoms with Crippen molar-refractivity contribution < 1.29 is 4.79 Å². The van der Waals surface area contributed by atoms with Gasteiger partial charge in [-0.05, 0) is 36.1 Å². The predicted molar refractivity (Wildman–Crippen MR) is 96.2 cm³/mol. The molecular formula is C20H20N4O. The van der Waals surface area contributed by atoms with Crippen LogP contribution in [0.2, 0.25) is 0 Å². The van der Waals surface area contributed by atoms with Crippen LogP contribution in [0.3, 0.4) is 0 Å². The number of rotatable bonds is 5. The van der Waals surface area contributed by atoms with E-state index in [9.17, 15) is 4.79 Å². The number of nitrogens with one attached hydrogen (secondary N) is 1. The standard InChI is InChI=1S/C20H20N4O/c25-19(20(11-4-12-20)17-5-2-1-3-6-17)23-18-9-7-16(8-10-18)13-24-15-21-14-22-24/h1-3,5-10,14-15H,4,11-13H2,(H,23,25). The summed E-state index contributed by atoms with van der Waals surface area (Å²) in [7, 11) is 0. The molecule has 0 saturated heterocycles. The Balaban J connectivity index is 1.47. The lowest BCUT2D eigenvalue weighted by Gasteiger charge is -2.40. The molecule has 0 unspecified atom stereocenters. The number of amides is 1. The van der Waals surface area contributed by atoms with Gasteiger partial charge in [-0.25, -0.2) is 9.67 Å². The van der Waals surface area contributed by atoms with Gasteiger partial charge in [-0.2, -0.15) is 5.10 Å². The van der Waals surface area contributed by atoms with Crippen LogP contribution < -0.4 is 5.32 Å². The summed E-state index contributed by atoms with van der Waals surface area (Å²) in [6.45, 7) is 0.669. The molecule has 1 heterocycles. The Kier molecular flexibility index (Phi) is 4.06. The molecule has 1 amide bonds. The number of carbonyl (C=O) groups excluding carboxylic acids is 1. The Morgan fingerprint density at radius 1 is 1.08 bits per heavy atom. The second kappa shape index (κ2) is 6.51. The van der Waals surface area contributed by atoms with E-state index < -0.39 is 0 Å². The van der Waals surface area contributed by atoms with Crippen LogP contribution in [0.25, 0.3) is 0 Å². The topological polar surface area (TPSA) is 59.8 Å². The van der Waals surface area contributed by atoms with E-state index in [2.05, 4.69) is 27.5 Å². The van der Waals surface area contributed by atoms with Crippen LogP contribution in [0.5, 0.6) is 0 Å². The molecule has 126 valence electrons. The van der Waals surface area contributed by atoms with Crippen molar-refractivity contribution in [3.05, 3.63) is 78.4 Å². The molecule has 1 aliphatic carbocycles. The molecule has 1 aliphatic rings. The summed E-state index contributed by atoms with van der Waals surface area (Å²) in [5.74, 6) is 0.0916. The smallest absolute Gasteiger partial charge is 0.235 e. The largest absolute Gasteiger partial charge is 0.325 e. The maximum absolute atomic E-state index is 12.9. The maximum atomic E-state index is 12.9. The Hall–Kier alpha value is -2.95. The number of benzene rings is 2. The molecule has 3 aromatic rings. The van der Waals surface area contributed by atoms with Crippen molar-refractivity contribution in [2.75, 3.05) is 5.32 Å². The minimum Gasteiger partial charge on any atom is -0.325 e. The highest BCUT2D eigenvalue weighted by molar-refractivity contribution is 5.99. The summed E-state index contributed by atoms with van der Waals surface area (Å²) < 4.78 is 1.77. The van der Waals surface area contributed by atoms with Crippen LogP contribution in [-0.4, -0.2) is 20.7 Å². The van der Waals surface area contributed by atoms with Crippen LogP contribution in [0.1, 0.15) is 30.4 Å². The van der Waals surface area contributed by atoms with Crippen molar-refractivity contribution in [1.29, 1.82) is 0 Å². The summed E-state index contributed by atoms with van der Waals surface area (Å²) in [5.41, 5.74) is 2.68. The van der Waals surface area contributed by atoms with Crippen molar-refractivity contribution in [1.82, 2.24) is 14.8 Å². The number of carbonyl (C=O) groups is 1. The summed E-state index contributed by atoms with van der Waals surface area (Å²) in [6.07, 6.45) is 6.13. The van der Waals surface area contributed by atoms with Gasteiger partial charge in [0.2, 0.25) is 5.91 Å².